The van der Waals surface area contributed by atoms with E-state index >= 15 is 0 Å². The van der Waals surface area contributed by atoms with Crippen molar-refractivity contribution in [3.05, 3.63) is 83.1 Å². The molecule has 2 aliphatic heterocycles. The minimum Gasteiger partial charge on any atom is -0.494 e. The van der Waals surface area contributed by atoms with Gasteiger partial charge >= 0.3 is 0 Å². The number of ether oxygens (including phenoxy) is 2. The molecule has 0 unspecified atom stereocenters. The first-order valence-corrected chi connectivity index (χ1v) is 12.6. The van der Waals surface area contributed by atoms with Gasteiger partial charge in [0.2, 0.25) is 0 Å². The molecule has 2 aromatic carbocycles. The van der Waals surface area contributed by atoms with Crippen molar-refractivity contribution in [3.8, 4) is 11.5 Å². The maximum atomic E-state index is 13.0. The van der Waals surface area contributed by atoms with E-state index in [0.29, 0.717) is 30.4 Å². The van der Waals surface area contributed by atoms with E-state index in [2.05, 4.69) is 40.2 Å². The van der Waals surface area contributed by atoms with Crippen LogP contribution in [0.15, 0.2) is 66.9 Å². The quantitative estimate of drug-likeness (QED) is 0.435. The summed E-state index contributed by atoms with van der Waals surface area (Å²) < 4.78 is 12.6. The van der Waals surface area contributed by atoms with E-state index < -0.39 is 0 Å². The Labute approximate surface area is 211 Å². The summed E-state index contributed by atoms with van der Waals surface area (Å²) in [7, 11) is 0. The Morgan fingerprint density at radius 1 is 1.03 bits per heavy atom. The number of amides is 1. The normalized spacial score (nSPS) is 16.9. The number of likely N-dealkylation sites (tertiary alicyclic amines) is 1. The van der Waals surface area contributed by atoms with Crippen molar-refractivity contribution in [2.45, 2.75) is 38.3 Å². The van der Waals surface area contributed by atoms with Gasteiger partial charge in [-0.05, 0) is 37.3 Å². The SMILES string of the molecule is CCOc1ccccc1CN1CCC2(CCN(C(=O)c3ccc(Cl)nc3)CC2)Oc2ccccc21. The van der Waals surface area contributed by atoms with Gasteiger partial charge in [-0.15, -0.1) is 0 Å². The molecule has 5 rings (SSSR count). The number of benzene rings is 2. The molecule has 182 valence electrons. The van der Waals surface area contributed by atoms with Gasteiger partial charge in [0.25, 0.3) is 5.91 Å². The first-order chi connectivity index (χ1) is 17.1. The summed E-state index contributed by atoms with van der Waals surface area (Å²) in [6, 6.07) is 19.9. The number of nitrogens with zero attached hydrogens (tertiary/aromatic N) is 3. The number of fused-ring (bicyclic) bond motifs is 1. The minimum absolute atomic E-state index is 0.00723. The Kier molecular flexibility index (Phi) is 6.82. The fourth-order valence-corrected chi connectivity index (χ4v) is 5.11. The monoisotopic (exact) mass is 491 g/mol. The smallest absolute Gasteiger partial charge is 0.255 e. The van der Waals surface area contributed by atoms with Crippen LogP contribution in [0.3, 0.4) is 0 Å². The highest BCUT2D eigenvalue weighted by Crippen LogP contribution is 2.41. The maximum Gasteiger partial charge on any atom is 0.255 e. The summed E-state index contributed by atoms with van der Waals surface area (Å²) in [5.41, 5.74) is 2.54. The zero-order valence-corrected chi connectivity index (χ0v) is 20.7. The second-order valence-electron chi connectivity index (χ2n) is 9.13. The number of carbonyl (C=O) groups is 1. The zero-order chi connectivity index (χ0) is 24.3. The van der Waals surface area contributed by atoms with Crippen molar-refractivity contribution in [2.24, 2.45) is 0 Å². The van der Waals surface area contributed by atoms with E-state index in [0.717, 1.165) is 55.1 Å². The summed E-state index contributed by atoms with van der Waals surface area (Å²) in [6.07, 6.45) is 4.02. The molecule has 7 heteroatoms. The van der Waals surface area contributed by atoms with Crippen LogP contribution in [0, 0.1) is 0 Å². The maximum absolute atomic E-state index is 13.0. The molecule has 0 radical (unpaired) electrons. The third-order valence-electron chi connectivity index (χ3n) is 6.94. The van der Waals surface area contributed by atoms with Crippen LogP contribution in [0.4, 0.5) is 5.69 Å². The fourth-order valence-electron chi connectivity index (χ4n) is 5.00. The van der Waals surface area contributed by atoms with E-state index in [-0.39, 0.29) is 11.5 Å². The predicted octanol–water partition coefficient (Wildman–Crippen LogP) is 5.60. The van der Waals surface area contributed by atoms with E-state index in [9.17, 15) is 4.79 Å². The van der Waals surface area contributed by atoms with Crippen molar-refractivity contribution in [1.29, 1.82) is 0 Å². The Morgan fingerprint density at radius 3 is 2.54 bits per heavy atom. The molecule has 6 nitrogen and oxygen atoms in total. The Balaban J connectivity index is 1.32. The van der Waals surface area contributed by atoms with Gasteiger partial charge in [-0.1, -0.05) is 41.9 Å². The average Bonchev–Trinajstić information content (AvgIpc) is 3.03. The zero-order valence-electron chi connectivity index (χ0n) is 20.0. The average molecular weight is 492 g/mol. The topological polar surface area (TPSA) is 54.9 Å². The molecule has 0 atom stereocenters. The summed E-state index contributed by atoms with van der Waals surface area (Å²) in [6.45, 7) is 5.57. The van der Waals surface area contributed by atoms with Crippen LogP contribution in [-0.4, -0.2) is 47.6 Å². The number of rotatable bonds is 5. The molecule has 1 aromatic heterocycles. The summed E-state index contributed by atoms with van der Waals surface area (Å²) in [5.74, 6) is 1.82. The lowest BCUT2D eigenvalue weighted by molar-refractivity contribution is 0.00238. The number of piperidine rings is 1. The Bertz CT molecular complexity index is 1180. The lowest BCUT2D eigenvalue weighted by Gasteiger charge is -2.41. The molecule has 2 aliphatic rings. The minimum atomic E-state index is -0.292. The van der Waals surface area contributed by atoms with Crippen molar-refractivity contribution < 1.29 is 14.3 Å². The number of hydrogen-bond donors (Lipinski definition) is 0. The lowest BCUT2D eigenvalue weighted by atomic mass is 9.87. The molecular formula is C28H30ClN3O3. The number of halogens is 1. The molecule has 3 heterocycles. The first-order valence-electron chi connectivity index (χ1n) is 12.2. The van der Waals surface area contributed by atoms with Crippen molar-refractivity contribution in [2.75, 3.05) is 31.1 Å². The van der Waals surface area contributed by atoms with Crippen LogP contribution < -0.4 is 14.4 Å². The molecule has 0 N–H and O–H groups in total. The third kappa shape index (κ3) is 5.08. The lowest BCUT2D eigenvalue weighted by Crippen LogP contribution is -2.50. The molecule has 1 amide bonds. The van der Waals surface area contributed by atoms with Crippen LogP contribution in [0.2, 0.25) is 5.15 Å². The van der Waals surface area contributed by atoms with Gasteiger partial charge in [0.15, 0.2) is 0 Å². The van der Waals surface area contributed by atoms with E-state index in [1.165, 1.54) is 0 Å². The second-order valence-corrected chi connectivity index (χ2v) is 9.51. The number of carbonyl (C=O) groups excluding carboxylic acids is 1. The van der Waals surface area contributed by atoms with Crippen molar-refractivity contribution in [3.63, 3.8) is 0 Å². The molecular weight excluding hydrogens is 462 g/mol. The molecule has 1 saturated heterocycles. The van der Waals surface area contributed by atoms with Gasteiger partial charge in [0.05, 0.1) is 17.9 Å². The number of hydrogen-bond acceptors (Lipinski definition) is 5. The number of anilines is 1. The standard InChI is InChI=1S/C28H30ClN3O3/c1-2-34-24-9-5-3-7-22(24)20-32-18-15-28(35-25-10-6-4-8-23(25)32)13-16-31(17-14-28)27(33)21-11-12-26(29)30-19-21/h3-12,19H,2,13-18,20H2,1H3. The van der Waals surface area contributed by atoms with Gasteiger partial charge in [-0.3, -0.25) is 4.79 Å². The van der Waals surface area contributed by atoms with Crippen LogP contribution in [0.1, 0.15) is 42.1 Å². The van der Waals surface area contributed by atoms with Crippen LogP contribution in [0.5, 0.6) is 11.5 Å². The first kappa shape index (κ1) is 23.5. The van der Waals surface area contributed by atoms with Gasteiger partial charge < -0.3 is 19.3 Å². The van der Waals surface area contributed by atoms with E-state index in [1.807, 2.05) is 30.0 Å². The molecule has 0 aliphatic carbocycles. The molecule has 3 aromatic rings. The van der Waals surface area contributed by atoms with Crippen LogP contribution >= 0.6 is 11.6 Å². The van der Waals surface area contributed by atoms with Gasteiger partial charge in [0, 0.05) is 57.2 Å². The Morgan fingerprint density at radius 2 is 1.77 bits per heavy atom. The molecule has 35 heavy (non-hydrogen) atoms. The summed E-state index contributed by atoms with van der Waals surface area (Å²) in [5, 5.41) is 0.387. The van der Waals surface area contributed by atoms with E-state index in [1.54, 1.807) is 18.3 Å². The summed E-state index contributed by atoms with van der Waals surface area (Å²) in [4.78, 5) is 21.3. The van der Waals surface area contributed by atoms with Crippen LogP contribution in [-0.2, 0) is 6.54 Å². The fraction of sp³-hybridized carbons (Fsp3) is 0.357. The number of para-hydroxylation sites is 3. The molecule has 1 fully saturated rings. The molecule has 0 saturated carbocycles. The molecule has 1 spiro atoms. The predicted molar refractivity (Wildman–Crippen MR) is 137 cm³/mol. The Hall–Kier alpha value is -3.25. The number of aromatic nitrogens is 1. The van der Waals surface area contributed by atoms with Crippen molar-refractivity contribution in [1.82, 2.24) is 9.88 Å². The van der Waals surface area contributed by atoms with Crippen LogP contribution in [0.25, 0.3) is 0 Å². The molecule has 0 bridgehead atoms. The van der Waals surface area contributed by atoms with Gasteiger partial charge in [0.1, 0.15) is 22.3 Å². The van der Waals surface area contributed by atoms with E-state index in [4.69, 9.17) is 21.1 Å². The van der Waals surface area contributed by atoms with Gasteiger partial charge in [-0.2, -0.15) is 0 Å². The highest BCUT2D eigenvalue weighted by Gasteiger charge is 2.40. The second kappa shape index (κ2) is 10.2. The highest BCUT2D eigenvalue weighted by atomic mass is 35.5. The summed E-state index contributed by atoms with van der Waals surface area (Å²) >= 11 is 5.88. The third-order valence-corrected chi connectivity index (χ3v) is 7.16. The highest BCUT2D eigenvalue weighted by molar-refractivity contribution is 6.29. The number of pyridine rings is 1. The van der Waals surface area contributed by atoms with Crippen molar-refractivity contribution >= 4 is 23.2 Å². The van der Waals surface area contributed by atoms with Gasteiger partial charge in [-0.25, -0.2) is 4.98 Å². The largest absolute Gasteiger partial charge is 0.494 e.